The summed E-state index contributed by atoms with van der Waals surface area (Å²) < 4.78 is 0. The fourth-order valence-electron chi connectivity index (χ4n) is 3.44. The summed E-state index contributed by atoms with van der Waals surface area (Å²) in [5, 5.41) is 21.2. The average molecular weight is 339 g/mol. The molecular weight excluding hydrogens is 318 g/mol. The molecule has 130 valence electrons. The van der Waals surface area contributed by atoms with Crippen molar-refractivity contribution in [2.45, 2.75) is 25.8 Å². The van der Waals surface area contributed by atoms with Gasteiger partial charge in [-0.25, -0.2) is 0 Å². The summed E-state index contributed by atoms with van der Waals surface area (Å²) in [6, 6.07) is 5.85. The number of fused-ring (bicyclic) bond motifs is 1. The number of anilines is 1. The highest BCUT2D eigenvalue weighted by Gasteiger charge is 2.27. The lowest BCUT2D eigenvalue weighted by atomic mass is 9.95. The van der Waals surface area contributed by atoms with Crippen LogP contribution in [0, 0.1) is 17.2 Å². The SMILES string of the molecule is C[C@H]1C[C@@H](NC(=O)CCO)CN(c2ccc(C#N)c3nccnc23)C1. The van der Waals surface area contributed by atoms with Crippen molar-refractivity contribution in [3.63, 3.8) is 0 Å². The number of nitriles is 1. The van der Waals surface area contributed by atoms with Gasteiger partial charge in [-0.1, -0.05) is 6.92 Å². The molecule has 7 heteroatoms. The van der Waals surface area contributed by atoms with Gasteiger partial charge in [0.05, 0.1) is 17.9 Å². The quantitative estimate of drug-likeness (QED) is 0.868. The van der Waals surface area contributed by atoms with Crippen molar-refractivity contribution in [3.05, 3.63) is 30.1 Å². The van der Waals surface area contributed by atoms with E-state index in [0.717, 1.165) is 18.7 Å². The van der Waals surface area contributed by atoms with Crippen molar-refractivity contribution >= 4 is 22.6 Å². The molecule has 1 aliphatic heterocycles. The van der Waals surface area contributed by atoms with E-state index >= 15 is 0 Å². The molecule has 0 bridgehead atoms. The van der Waals surface area contributed by atoms with E-state index in [-0.39, 0.29) is 25.0 Å². The van der Waals surface area contributed by atoms with Crippen molar-refractivity contribution in [2.75, 3.05) is 24.6 Å². The molecule has 0 unspecified atom stereocenters. The van der Waals surface area contributed by atoms with Crippen molar-refractivity contribution in [3.8, 4) is 6.07 Å². The molecule has 25 heavy (non-hydrogen) atoms. The monoisotopic (exact) mass is 339 g/mol. The molecule has 2 N–H and O–H groups in total. The Morgan fingerprint density at radius 2 is 2.12 bits per heavy atom. The van der Waals surface area contributed by atoms with Crippen molar-refractivity contribution in [2.24, 2.45) is 5.92 Å². The molecule has 0 aliphatic carbocycles. The molecular formula is C18H21N5O2. The maximum absolute atomic E-state index is 11.8. The second-order valence-corrected chi connectivity index (χ2v) is 6.48. The Morgan fingerprint density at radius 1 is 1.36 bits per heavy atom. The molecule has 2 atom stereocenters. The van der Waals surface area contributed by atoms with Crippen molar-refractivity contribution < 1.29 is 9.90 Å². The Balaban J connectivity index is 1.89. The van der Waals surface area contributed by atoms with E-state index in [4.69, 9.17) is 5.11 Å². The van der Waals surface area contributed by atoms with Gasteiger partial charge < -0.3 is 15.3 Å². The standard InChI is InChI=1S/C18H21N5O2/c1-12-8-14(22-16(25)4-7-24)11-23(10-12)15-3-2-13(9-19)17-18(15)21-6-5-20-17/h2-3,5-6,12,14,24H,4,7-8,10-11H2,1H3,(H,22,25)/t12-,14+/m0/s1. The zero-order chi connectivity index (χ0) is 17.8. The van der Waals surface area contributed by atoms with Crippen LogP contribution in [0.1, 0.15) is 25.3 Å². The first-order valence-electron chi connectivity index (χ1n) is 8.41. The van der Waals surface area contributed by atoms with Gasteiger partial charge in [-0.05, 0) is 24.5 Å². The van der Waals surface area contributed by atoms with Gasteiger partial charge in [-0.15, -0.1) is 0 Å². The van der Waals surface area contributed by atoms with E-state index in [0.29, 0.717) is 29.1 Å². The smallest absolute Gasteiger partial charge is 0.222 e. The highest BCUT2D eigenvalue weighted by Crippen LogP contribution is 2.30. The van der Waals surface area contributed by atoms with Crippen LogP contribution in [0.4, 0.5) is 5.69 Å². The van der Waals surface area contributed by atoms with Gasteiger partial charge in [0.2, 0.25) is 5.91 Å². The molecule has 0 spiro atoms. The molecule has 2 heterocycles. The second kappa shape index (κ2) is 7.45. The number of rotatable bonds is 4. The van der Waals surface area contributed by atoms with Crippen LogP contribution in [0.5, 0.6) is 0 Å². The summed E-state index contributed by atoms with van der Waals surface area (Å²) in [5.41, 5.74) is 2.73. The number of aromatic nitrogens is 2. The van der Waals surface area contributed by atoms with Gasteiger partial charge >= 0.3 is 0 Å². The van der Waals surface area contributed by atoms with Crippen molar-refractivity contribution in [1.29, 1.82) is 5.26 Å². The number of aliphatic hydroxyl groups is 1. The van der Waals surface area contributed by atoms with Crippen LogP contribution < -0.4 is 10.2 Å². The lowest BCUT2D eigenvalue weighted by molar-refractivity contribution is -0.122. The van der Waals surface area contributed by atoms with Crippen LogP contribution in [-0.2, 0) is 4.79 Å². The molecule has 1 aromatic heterocycles. The number of hydrogen-bond acceptors (Lipinski definition) is 6. The number of amides is 1. The van der Waals surface area contributed by atoms with Crippen LogP contribution in [0.15, 0.2) is 24.5 Å². The number of hydrogen-bond donors (Lipinski definition) is 2. The molecule has 0 radical (unpaired) electrons. The summed E-state index contributed by atoms with van der Waals surface area (Å²) in [7, 11) is 0. The minimum atomic E-state index is -0.145. The Hall–Kier alpha value is -2.72. The highest BCUT2D eigenvalue weighted by atomic mass is 16.3. The minimum Gasteiger partial charge on any atom is -0.396 e. The van der Waals surface area contributed by atoms with E-state index in [1.54, 1.807) is 18.5 Å². The Kier molecular flexibility index (Phi) is 5.10. The summed E-state index contributed by atoms with van der Waals surface area (Å²) in [4.78, 5) is 22.7. The molecule has 0 saturated carbocycles. The molecule has 1 fully saturated rings. The van der Waals surface area contributed by atoms with E-state index in [9.17, 15) is 10.1 Å². The minimum absolute atomic E-state index is 0.0187. The van der Waals surface area contributed by atoms with E-state index in [1.807, 2.05) is 6.07 Å². The van der Waals surface area contributed by atoms with Gasteiger partial charge in [0.25, 0.3) is 0 Å². The number of piperidine rings is 1. The summed E-state index contributed by atoms with van der Waals surface area (Å²) in [6.07, 6.45) is 4.23. The maximum atomic E-state index is 11.8. The zero-order valence-corrected chi connectivity index (χ0v) is 14.1. The predicted octanol–water partition coefficient (Wildman–Crippen LogP) is 1.21. The Labute approximate surface area is 146 Å². The summed E-state index contributed by atoms with van der Waals surface area (Å²) >= 11 is 0. The van der Waals surface area contributed by atoms with Crippen LogP contribution in [-0.4, -0.2) is 46.7 Å². The topological polar surface area (TPSA) is 102 Å². The molecule has 1 saturated heterocycles. The van der Waals surface area contributed by atoms with Gasteiger partial charge in [0.15, 0.2) is 0 Å². The second-order valence-electron chi connectivity index (χ2n) is 6.48. The average Bonchev–Trinajstić information content (AvgIpc) is 2.60. The van der Waals surface area contributed by atoms with E-state index in [2.05, 4.69) is 33.2 Å². The summed E-state index contributed by atoms with van der Waals surface area (Å²) in [5.74, 6) is 0.265. The number of carbonyl (C=O) groups is 1. The van der Waals surface area contributed by atoms with Gasteiger partial charge in [-0.2, -0.15) is 5.26 Å². The van der Waals surface area contributed by atoms with Crippen LogP contribution in [0.2, 0.25) is 0 Å². The molecule has 1 aliphatic rings. The zero-order valence-electron chi connectivity index (χ0n) is 14.1. The largest absolute Gasteiger partial charge is 0.396 e. The van der Waals surface area contributed by atoms with E-state index in [1.165, 1.54) is 0 Å². The fraction of sp³-hybridized carbons (Fsp3) is 0.444. The first kappa shape index (κ1) is 17.1. The Morgan fingerprint density at radius 3 is 2.84 bits per heavy atom. The lowest BCUT2D eigenvalue weighted by Crippen LogP contribution is -2.50. The number of nitrogens with one attached hydrogen (secondary N) is 1. The number of aliphatic hydroxyl groups excluding tert-OH is 1. The predicted molar refractivity (Wildman–Crippen MR) is 93.9 cm³/mol. The summed E-state index contributed by atoms with van der Waals surface area (Å²) in [6.45, 7) is 3.52. The fourth-order valence-corrected chi connectivity index (χ4v) is 3.44. The van der Waals surface area contributed by atoms with Crippen molar-refractivity contribution in [1.82, 2.24) is 15.3 Å². The first-order valence-corrected chi connectivity index (χ1v) is 8.41. The van der Waals surface area contributed by atoms with Gasteiger partial charge in [0.1, 0.15) is 17.1 Å². The molecule has 3 rings (SSSR count). The third kappa shape index (κ3) is 3.69. The van der Waals surface area contributed by atoms with Crippen LogP contribution in [0.3, 0.4) is 0 Å². The third-order valence-electron chi connectivity index (χ3n) is 4.43. The van der Waals surface area contributed by atoms with E-state index < -0.39 is 0 Å². The Bertz CT molecular complexity index is 817. The number of nitrogens with zero attached hydrogens (tertiary/aromatic N) is 4. The molecule has 1 aromatic carbocycles. The maximum Gasteiger partial charge on any atom is 0.222 e. The number of carbonyl (C=O) groups excluding carboxylic acids is 1. The lowest BCUT2D eigenvalue weighted by Gasteiger charge is -2.38. The molecule has 1 amide bonds. The first-order chi connectivity index (χ1) is 12.1. The number of benzene rings is 1. The van der Waals surface area contributed by atoms with Crippen LogP contribution >= 0.6 is 0 Å². The van der Waals surface area contributed by atoms with Crippen LogP contribution in [0.25, 0.3) is 11.0 Å². The molecule has 2 aromatic rings. The third-order valence-corrected chi connectivity index (χ3v) is 4.43. The molecule has 7 nitrogen and oxygen atoms in total. The highest BCUT2D eigenvalue weighted by molar-refractivity contribution is 5.92. The van der Waals surface area contributed by atoms with Gasteiger partial charge in [0, 0.05) is 37.9 Å². The van der Waals surface area contributed by atoms with Gasteiger partial charge in [-0.3, -0.25) is 14.8 Å². The normalized spacial score (nSPS) is 20.3.